The van der Waals surface area contributed by atoms with Gasteiger partial charge in [0.25, 0.3) is 0 Å². The van der Waals surface area contributed by atoms with Gasteiger partial charge in [0.05, 0.1) is 17.4 Å². The molecule has 2 aromatic carbocycles. The lowest BCUT2D eigenvalue weighted by molar-refractivity contribution is 0.00862. The highest BCUT2D eigenvalue weighted by molar-refractivity contribution is 7.89. The zero-order chi connectivity index (χ0) is 22.7. The monoisotopic (exact) mass is 453 g/mol. The van der Waals surface area contributed by atoms with Crippen molar-refractivity contribution in [1.29, 1.82) is 0 Å². The summed E-state index contributed by atoms with van der Waals surface area (Å²) in [6.45, 7) is 2.22. The number of aryl methyl sites for hydroxylation is 1. The minimum Gasteiger partial charge on any atom is -0.493 e. The number of benzene rings is 2. The van der Waals surface area contributed by atoms with E-state index in [4.69, 9.17) is 9.47 Å². The Morgan fingerprint density at radius 2 is 1.88 bits per heavy atom. The molecule has 0 unspecified atom stereocenters. The molecule has 0 amide bonds. The average molecular weight is 454 g/mol. The average Bonchev–Trinajstić information content (AvgIpc) is 3.15. The van der Waals surface area contributed by atoms with Gasteiger partial charge in [-0.1, -0.05) is 48.1 Å². The number of hydrogen-bond donors (Lipinski definition) is 1. The van der Waals surface area contributed by atoms with Crippen LogP contribution in [0.1, 0.15) is 23.1 Å². The summed E-state index contributed by atoms with van der Waals surface area (Å²) in [6.07, 6.45) is 7.17. The lowest BCUT2D eigenvalue weighted by Crippen LogP contribution is -2.54. The molecule has 0 saturated heterocycles. The van der Waals surface area contributed by atoms with Gasteiger partial charge in [0.1, 0.15) is 12.2 Å². The molecule has 0 bridgehead atoms. The topological polar surface area (TPSA) is 76.1 Å². The van der Waals surface area contributed by atoms with Gasteiger partial charge in [-0.2, -0.15) is 0 Å². The summed E-state index contributed by atoms with van der Waals surface area (Å²) in [7, 11) is -0.426. The lowest BCUT2D eigenvalue weighted by Gasteiger charge is -2.45. The molecule has 1 aliphatic heterocycles. The first-order valence-corrected chi connectivity index (χ1v) is 12.2. The van der Waals surface area contributed by atoms with Gasteiger partial charge in [-0.15, -0.1) is 0 Å². The van der Waals surface area contributed by atoms with E-state index in [0.29, 0.717) is 17.9 Å². The van der Waals surface area contributed by atoms with E-state index >= 15 is 0 Å². The number of methoxy groups -OCH3 is 1. The molecule has 2 aliphatic carbocycles. The van der Waals surface area contributed by atoms with Gasteiger partial charge in [0, 0.05) is 25.1 Å². The van der Waals surface area contributed by atoms with Gasteiger partial charge in [0.15, 0.2) is 11.5 Å². The third-order valence-electron chi connectivity index (χ3n) is 7.06. The standard InChI is InChI=1S/C25H27NO5S/c1-16-4-10-19(11-5-16)32(28,29)26(2)15-14-25-18-8-6-17-7-13-21(30-3)23(22(17)25)31-24(25)20(27)12-9-18/h4-13,18,20,24,27H,14-15H2,1-3H3/t18-,20+,24+,25+/m1/s1. The summed E-state index contributed by atoms with van der Waals surface area (Å²) in [4.78, 5) is 0.275. The minimum absolute atomic E-state index is 0.00719. The van der Waals surface area contributed by atoms with E-state index in [2.05, 4.69) is 12.2 Å². The number of rotatable bonds is 6. The molecular weight excluding hydrogens is 426 g/mol. The third kappa shape index (κ3) is 2.95. The van der Waals surface area contributed by atoms with E-state index in [-0.39, 0.29) is 17.4 Å². The second-order valence-electron chi connectivity index (χ2n) is 8.79. The maximum atomic E-state index is 13.2. The van der Waals surface area contributed by atoms with Crippen LogP contribution in [0.2, 0.25) is 0 Å². The van der Waals surface area contributed by atoms with E-state index in [0.717, 1.165) is 16.7 Å². The fourth-order valence-corrected chi connectivity index (χ4v) is 6.49. The number of ether oxygens (including phenoxy) is 2. The Morgan fingerprint density at radius 3 is 2.59 bits per heavy atom. The van der Waals surface area contributed by atoms with Crippen molar-refractivity contribution in [2.24, 2.45) is 5.92 Å². The van der Waals surface area contributed by atoms with Crippen molar-refractivity contribution in [3.63, 3.8) is 0 Å². The van der Waals surface area contributed by atoms with Crippen LogP contribution in [0.5, 0.6) is 11.5 Å². The molecule has 3 aliphatic rings. The molecule has 0 aromatic heterocycles. The van der Waals surface area contributed by atoms with Crippen molar-refractivity contribution < 1.29 is 23.0 Å². The molecule has 32 heavy (non-hydrogen) atoms. The molecule has 1 heterocycles. The van der Waals surface area contributed by atoms with Gasteiger partial charge in [-0.25, -0.2) is 12.7 Å². The lowest BCUT2D eigenvalue weighted by atomic mass is 9.59. The molecule has 0 fully saturated rings. The number of nitrogens with zero attached hydrogens (tertiary/aromatic N) is 1. The summed E-state index contributed by atoms with van der Waals surface area (Å²) < 4.78 is 39.6. The molecule has 0 spiro atoms. The van der Waals surface area contributed by atoms with Gasteiger partial charge >= 0.3 is 0 Å². The number of aliphatic hydroxyl groups is 1. The van der Waals surface area contributed by atoms with Crippen molar-refractivity contribution in [2.45, 2.75) is 35.9 Å². The molecule has 5 rings (SSSR count). The highest BCUT2D eigenvalue weighted by atomic mass is 32.2. The summed E-state index contributed by atoms with van der Waals surface area (Å²) in [5.74, 6) is 1.27. The van der Waals surface area contributed by atoms with Crippen LogP contribution in [0, 0.1) is 12.8 Å². The van der Waals surface area contributed by atoms with Gasteiger partial charge in [-0.05, 0) is 37.1 Å². The van der Waals surface area contributed by atoms with E-state index in [9.17, 15) is 13.5 Å². The number of hydrogen-bond acceptors (Lipinski definition) is 5. The summed E-state index contributed by atoms with van der Waals surface area (Å²) >= 11 is 0. The van der Waals surface area contributed by atoms with Crippen molar-refractivity contribution in [3.8, 4) is 11.5 Å². The molecule has 0 saturated carbocycles. The highest BCUT2D eigenvalue weighted by Gasteiger charge is 2.59. The molecule has 0 radical (unpaired) electrons. The Hall–Kier alpha value is -2.61. The predicted octanol–water partition coefficient (Wildman–Crippen LogP) is 3.29. The van der Waals surface area contributed by atoms with Crippen LogP contribution >= 0.6 is 0 Å². The largest absolute Gasteiger partial charge is 0.493 e. The first kappa shape index (κ1) is 21.2. The normalized spacial score (nSPS) is 27.3. The quantitative estimate of drug-likeness (QED) is 0.680. The van der Waals surface area contributed by atoms with E-state index in [1.807, 2.05) is 25.1 Å². The van der Waals surface area contributed by atoms with E-state index in [1.165, 1.54) is 4.31 Å². The number of sulfonamides is 1. The van der Waals surface area contributed by atoms with Crippen LogP contribution in [-0.2, 0) is 15.4 Å². The first-order chi connectivity index (χ1) is 15.3. The maximum Gasteiger partial charge on any atom is 0.242 e. The fraction of sp³-hybridized carbons (Fsp3) is 0.360. The maximum absolute atomic E-state index is 13.2. The Morgan fingerprint density at radius 1 is 1.12 bits per heavy atom. The molecule has 168 valence electrons. The molecule has 4 atom stereocenters. The van der Waals surface area contributed by atoms with Gasteiger partial charge in [0.2, 0.25) is 10.0 Å². The zero-order valence-corrected chi connectivity index (χ0v) is 19.2. The van der Waals surface area contributed by atoms with Crippen LogP contribution in [-0.4, -0.2) is 50.7 Å². The second kappa shape index (κ2) is 7.47. The third-order valence-corrected chi connectivity index (χ3v) is 8.94. The predicted molar refractivity (Wildman–Crippen MR) is 122 cm³/mol. The van der Waals surface area contributed by atoms with E-state index < -0.39 is 27.6 Å². The fourth-order valence-electron chi connectivity index (χ4n) is 5.32. The van der Waals surface area contributed by atoms with Crippen LogP contribution in [0.4, 0.5) is 0 Å². The summed E-state index contributed by atoms with van der Waals surface area (Å²) in [5.41, 5.74) is 2.46. The summed E-state index contributed by atoms with van der Waals surface area (Å²) in [5, 5.41) is 10.8. The molecular formula is C25H27NO5S. The number of aliphatic hydroxyl groups excluding tert-OH is 1. The van der Waals surface area contributed by atoms with Crippen LogP contribution in [0.3, 0.4) is 0 Å². The van der Waals surface area contributed by atoms with Crippen molar-refractivity contribution in [3.05, 3.63) is 71.3 Å². The second-order valence-corrected chi connectivity index (χ2v) is 10.8. The van der Waals surface area contributed by atoms with Gasteiger partial charge in [-0.3, -0.25) is 0 Å². The Balaban J connectivity index is 1.53. The van der Waals surface area contributed by atoms with Crippen molar-refractivity contribution in [1.82, 2.24) is 4.31 Å². The molecule has 6 nitrogen and oxygen atoms in total. The number of allylic oxidation sites excluding steroid dienone is 2. The molecule has 1 N–H and O–H groups in total. The van der Waals surface area contributed by atoms with Gasteiger partial charge < -0.3 is 14.6 Å². The minimum atomic E-state index is -3.63. The van der Waals surface area contributed by atoms with Crippen molar-refractivity contribution >= 4 is 16.1 Å². The zero-order valence-electron chi connectivity index (χ0n) is 18.4. The van der Waals surface area contributed by atoms with Crippen LogP contribution in [0.25, 0.3) is 6.08 Å². The first-order valence-electron chi connectivity index (χ1n) is 10.7. The Labute approximate surface area is 188 Å². The summed E-state index contributed by atoms with van der Waals surface area (Å²) in [6, 6.07) is 10.8. The molecule has 2 aromatic rings. The Bertz CT molecular complexity index is 1220. The highest BCUT2D eigenvalue weighted by Crippen LogP contribution is 2.59. The van der Waals surface area contributed by atoms with E-state index in [1.54, 1.807) is 44.5 Å². The SMILES string of the molecule is COc1ccc2c3c1O[C@H]1[C@@H](O)C=C[C@@H](C=C2)[C@@]31CCN(C)S(=O)(=O)c1ccc(C)cc1. The van der Waals surface area contributed by atoms with Crippen LogP contribution in [0.15, 0.2) is 59.5 Å². The van der Waals surface area contributed by atoms with Crippen molar-refractivity contribution in [2.75, 3.05) is 20.7 Å². The molecule has 7 heteroatoms. The smallest absolute Gasteiger partial charge is 0.242 e. The van der Waals surface area contributed by atoms with Crippen LogP contribution < -0.4 is 9.47 Å². The Kier molecular flexibility index (Phi) is 4.96.